The molecule has 0 fully saturated rings. The van der Waals surface area contributed by atoms with E-state index in [1.165, 1.54) is 12.1 Å². The molecule has 1 nitrogen and oxygen atoms in total. The van der Waals surface area contributed by atoms with E-state index in [1.807, 2.05) is 36.4 Å². The van der Waals surface area contributed by atoms with Gasteiger partial charge in [0.2, 0.25) is 0 Å². The molecule has 98 valence electrons. The fourth-order valence-corrected chi connectivity index (χ4v) is 1.66. The molecule has 0 N–H and O–H groups in total. The van der Waals surface area contributed by atoms with E-state index >= 15 is 0 Å². The van der Waals surface area contributed by atoms with Crippen molar-refractivity contribution in [3.05, 3.63) is 65.2 Å². The molecule has 2 rings (SSSR count). The van der Waals surface area contributed by atoms with E-state index in [-0.39, 0.29) is 5.56 Å². The Kier molecular flexibility index (Phi) is 4.29. The summed E-state index contributed by atoms with van der Waals surface area (Å²) < 4.78 is 29.9. The molecule has 0 unspecified atom stereocenters. The first kappa shape index (κ1) is 13.3. The van der Waals surface area contributed by atoms with Gasteiger partial charge in [0.25, 0.3) is 6.43 Å². The molecule has 0 amide bonds. The third-order valence-corrected chi connectivity index (χ3v) is 2.77. The van der Waals surface area contributed by atoms with Gasteiger partial charge in [-0.3, -0.25) is 0 Å². The predicted octanol–water partition coefficient (Wildman–Crippen LogP) is 4.80. The average Bonchev–Trinajstić information content (AvgIpc) is 2.46. The van der Waals surface area contributed by atoms with Crippen LogP contribution in [0.25, 0.3) is 12.2 Å². The quantitative estimate of drug-likeness (QED) is 0.717. The lowest BCUT2D eigenvalue weighted by atomic mass is 10.1. The van der Waals surface area contributed by atoms with Crippen molar-refractivity contribution in [1.29, 1.82) is 0 Å². The fourth-order valence-electron chi connectivity index (χ4n) is 1.66. The highest BCUT2D eigenvalue weighted by Gasteiger charge is 2.04. The minimum Gasteiger partial charge on any atom is -0.497 e. The number of methoxy groups -OCH3 is 1. The van der Waals surface area contributed by atoms with Gasteiger partial charge in [-0.25, -0.2) is 8.78 Å². The minimum absolute atomic E-state index is 0.0431. The number of hydrogen-bond acceptors (Lipinski definition) is 1. The van der Waals surface area contributed by atoms with Gasteiger partial charge in [-0.1, -0.05) is 48.6 Å². The number of hydrogen-bond donors (Lipinski definition) is 0. The molecule has 0 radical (unpaired) electrons. The molecule has 0 spiro atoms. The van der Waals surface area contributed by atoms with E-state index in [0.29, 0.717) is 0 Å². The van der Waals surface area contributed by atoms with Gasteiger partial charge in [0, 0.05) is 5.56 Å². The van der Waals surface area contributed by atoms with Crippen LogP contribution in [0, 0.1) is 0 Å². The highest BCUT2D eigenvalue weighted by Crippen LogP contribution is 2.19. The Hall–Kier alpha value is -2.16. The fraction of sp³-hybridized carbons (Fsp3) is 0.125. The maximum atomic E-state index is 12.4. The summed E-state index contributed by atoms with van der Waals surface area (Å²) in [4.78, 5) is 0. The molecule has 0 saturated heterocycles. The molecule has 0 aromatic heterocycles. The Morgan fingerprint density at radius 1 is 0.842 bits per heavy atom. The maximum absolute atomic E-state index is 12.4. The van der Waals surface area contributed by atoms with Gasteiger partial charge in [-0.05, 0) is 23.3 Å². The van der Waals surface area contributed by atoms with Crippen LogP contribution >= 0.6 is 0 Å². The van der Waals surface area contributed by atoms with Crippen molar-refractivity contribution < 1.29 is 13.5 Å². The number of ether oxygens (including phenoxy) is 1. The smallest absolute Gasteiger partial charge is 0.263 e. The molecule has 2 aromatic rings. The van der Waals surface area contributed by atoms with Gasteiger partial charge in [0.1, 0.15) is 5.75 Å². The zero-order valence-corrected chi connectivity index (χ0v) is 10.5. The van der Waals surface area contributed by atoms with Crippen molar-refractivity contribution in [1.82, 2.24) is 0 Å². The average molecular weight is 260 g/mol. The molecule has 3 heteroatoms. The SMILES string of the molecule is COc1ccc(/C=C/c2ccc(C(F)F)cc2)cc1. The Bertz CT molecular complexity index is 542. The summed E-state index contributed by atoms with van der Waals surface area (Å²) in [6.07, 6.45) is 1.40. The number of halogens is 2. The summed E-state index contributed by atoms with van der Waals surface area (Å²) in [7, 11) is 1.62. The summed E-state index contributed by atoms with van der Waals surface area (Å²) in [6, 6.07) is 13.9. The van der Waals surface area contributed by atoms with Crippen LogP contribution in [0.2, 0.25) is 0 Å². The van der Waals surface area contributed by atoms with E-state index in [1.54, 1.807) is 19.2 Å². The van der Waals surface area contributed by atoms with E-state index in [2.05, 4.69) is 0 Å². The topological polar surface area (TPSA) is 9.23 Å². The summed E-state index contributed by atoms with van der Waals surface area (Å²) in [5, 5.41) is 0. The molecule has 0 atom stereocenters. The second-order valence-corrected chi connectivity index (χ2v) is 4.07. The van der Waals surface area contributed by atoms with Gasteiger partial charge in [-0.2, -0.15) is 0 Å². The van der Waals surface area contributed by atoms with Crippen LogP contribution in [0.5, 0.6) is 5.75 Å². The molecule has 19 heavy (non-hydrogen) atoms. The summed E-state index contributed by atoms with van der Waals surface area (Å²) in [6.45, 7) is 0. The molecular formula is C16H14F2O. The molecule has 0 saturated carbocycles. The third kappa shape index (κ3) is 3.65. The standard InChI is InChI=1S/C16H14F2O/c1-19-15-10-6-13(7-11-15)3-2-12-4-8-14(9-5-12)16(17)18/h2-11,16H,1H3/b3-2+. The van der Waals surface area contributed by atoms with Crippen LogP contribution < -0.4 is 4.74 Å². The second-order valence-electron chi connectivity index (χ2n) is 4.07. The highest BCUT2D eigenvalue weighted by molar-refractivity contribution is 5.69. The van der Waals surface area contributed by atoms with Gasteiger partial charge < -0.3 is 4.74 Å². The first-order valence-corrected chi connectivity index (χ1v) is 5.89. The van der Waals surface area contributed by atoms with Crippen molar-refractivity contribution in [2.75, 3.05) is 7.11 Å². The maximum Gasteiger partial charge on any atom is 0.263 e. The molecule has 2 aromatic carbocycles. The van der Waals surface area contributed by atoms with E-state index < -0.39 is 6.43 Å². The van der Waals surface area contributed by atoms with Gasteiger partial charge >= 0.3 is 0 Å². The van der Waals surface area contributed by atoms with E-state index in [4.69, 9.17) is 4.74 Å². The lowest BCUT2D eigenvalue weighted by Gasteiger charge is -2.00. The first-order valence-electron chi connectivity index (χ1n) is 5.89. The first-order chi connectivity index (χ1) is 9.19. The zero-order valence-electron chi connectivity index (χ0n) is 10.5. The Morgan fingerprint density at radius 3 is 1.74 bits per heavy atom. The number of rotatable bonds is 4. The Labute approximate surface area is 111 Å². The van der Waals surface area contributed by atoms with Crippen LogP contribution in [0.15, 0.2) is 48.5 Å². The molecule has 0 aliphatic carbocycles. The third-order valence-electron chi connectivity index (χ3n) is 2.77. The molecule has 0 aliphatic rings. The lowest BCUT2D eigenvalue weighted by Crippen LogP contribution is -1.83. The van der Waals surface area contributed by atoms with Gasteiger partial charge in [-0.15, -0.1) is 0 Å². The van der Waals surface area contributed by atoms with Gasteiger partial charge in [0.15, 0.2) is 0 Å². The molecule has 0 aliphatic heterocycles. The second kappa shape index (κ2) is 6.14. The van der Waals surface area contributed by atoms with Crippen molar-refractivity contribution >= 4 is 12.2 Å². The summed E-state index contributed by atoms with van der Waals surface area (Å²) >= 11 is 0. The monoisotopic (exact) mass is 260 g/mol. The Morgan fingerprint density at radius 2 is 1.32 bits per heavy atom. The summed E-state index contributed by atoms with van der Waals surface area (Å²) in [5.41, 5.74) is 1.96. The largest absolute Gasteiger partial charge is 0.497 e. The number of alkyl halides is 2. The summed E-state index contributed by atoms with van der Waals surface area (Å²) in [5.74, 6) is 0.804. The zero-order chi connectivity index (χ0) is 13.7. The molecular weight excluding hydrogens is 246 g/mol. The Balaban J connectivity index is 2.08. The van der Waals surface area contributed by atoms with Crippen molar-refractivity contribution in [2.45, 2.75) is 6.43 Å². The van der Waals surface area contributed by atoms with Crippen LogP contribution in [0.3, 0.4) is 0 Å². The van der Waals surface area contributed by atoms with Crippen LogP contribution in [-0.4, -0.2) is 7.11 Å². The van der Waals surface area contributed by atoms with Gasteiger partial charge in [0.05, 0.1) is 7.11 Å². The normalized spacial score (nSPS) is 11.2. The highest BCUT2D eigenvalue weighted by atomic mass is 19.3. The van der Waals surface area contributed by atoms with Crippen LogP contribution in [-0.2, 0) is 0 Å². The molecule has 0 bridgehead atoms. The van der Waals surface area contributed by atoms with Crippen molar-refractivity contribution in [3.63, 3.8) is 0 Å². The predicted molar refractivity (Wildman–Crippen MR) is 73.3 cm³/mol. The van der Waals surface area contributed by atoms with Crippen LogP contribution in [0.4, 0.5) is 8.78 Å². The van der Waals surface area contributed by atoms with Crippen molar-refractivity contribution in [3.8, 4) is 5.75 Å². The van der Waals surface area contributed by atoms with Crippen molar-refractivity contribution in [2.24, 2.45) is 0 Å². The van der Waals surface area contributed by atoms with Crippen LogP contribution in [0.1, 0.15) is 23.1 Å². The number of benzene rings is 2. The van der Waals surface area contributed by atoms with E-state index in [0.717, 1.165) is 16.9 Å². The van der Waals surface area contributed by atoms with E-state index in [9.17, 15) is 8.78 Å². The minimum atomic E-state index is -2.42. The lowest BCUT2D eigenvalue weighted by molar-refractivity contribution is 0.151. The molecule has 0 heterocycles.